The van der Waals surface area contributed by atoms with Gasteiger partial charge in [0.15, 0.2) is 6.04 Å². The number of carbonyl (C=O) groups excluding carboxylic acids is 1. The predicted molar refractivity (Wildman–Crippen MR) is 70.9 cm³/mol. The number of carboxylic acids is 1. The van der Waals surface area contributed by atoms with Crippen molar-refractivity contribution in [1.29, 1.82) is 0 Å². The van der Waals surface area contributed by atoms with Gasteiger partial charge in [0.1, 0.15) is 0 Å². The molecule has 0 aromatic heterocycles. The fraction of sp³-hybridized carbons (Fsp3) is 0.333. The van der Waals surface area contributed by atoms with Gasteiger partial charge in [-0.3, -0.25) is 4.79 Å². The number of likely N-dealkylation sites (tertiary alicyclic amines) is 1. The third-order valence-electron chi connectivity index (χ3n) is 2.85. The molecular formula is C12H12ClNO3S. The third kappa shape index (κ3) is 2.62. The van der Waals surface area contributed by atoms with Gasteiger partial charge in [-0.1, -0.05) is 23.7 Å². The fourth-order valence-corrected chi connectivity index (χ4v) is 2.62. The minimum absolute atomic E-state index is 0.112. The second kappa shape index (κ2) is 5.20. The molecule has 1 N–H and O–H groups in total. The number of halogens is 1. The summed E-state index contributed by atoms with van der Waals surface area (Å²) >= 11 is 10.1. The van der Waals surface area contributed by atoms with Gasteiger partial charge in [0.25, 0.3) is 0 Å². The highest BCUT2D eigenvalue weighted by Gasteiger charge is 2.37. The van der Waals surface area contributed by atoms with E-state index in [0.717, 1.165) is 0 Å². The van der Waals surface area contributed by atoms with Crippen molar-refractivity contribution >= 4 is 36.1 Å². The molecule has 96 valence electrons. The molecule has 2 unspecified atom stereocenters. The summed E-state index contributed by atoms with van der Waals surface area (Å²) in [5.74, 6) is -1.25. The maximum Gasteiger partial charge on any atom is 0.331 e. The summed E-state index contributed by atoms with van der Waals surface area (Å²) in [5.41, 5.74) is 0.505. The summed E-state index contributed by atoms with van der Waals surface area (Å²) in [6, 6.07) is 5.57. The van der Waals surface area contributed by atoms with Gasteiger partial charge in [0.05, 0.1) is 0 Å². The first-order chi connectivity index (χ1) is 8.49. The number of thiol groups is 1. The fourth-order valence-electron chi connectivity index (χ4n) is 2.09. The first kappa shape index (κ1) is 13.2. The van der Waals surface area contributed by atoms with Gasteiger partial charge in [-0.15, -0.1) is 0 Å². The quantitative estimate of drug-likeness (QED) is 0.835. The standard InChI is InChI=1S/C12H12ClNO3S/c13-8-3-1-2-7(4-8)11(12(16)17)14-6-9(18)5-10(14)15/h1-4,9,11,18H,5-6H2,(H,16,17). The number of hydrogen-bond donors (Lipinski definition) is 2. The van der Waals surface area contributed by atoms with E-state index in [0.29, 0.717) is 17.1 Å². The topological polar surface area (TPSA) is 57.6 Å². The van der Waals surface area contributed by atoms with Crippen LogP contribution in [0.3, 0.4) is 0 Å². The van der Waals surface area contributed by atoms with Gasteiger partial charge < -0.3 is 10.0 Å². The lowest BCUT2D eigenvalue weighted by molar-refractivity contribution is -0.148. The molecule has 1 heterocycles. The zero-order valence-electron chi connectivity index (χ0n) is 9.41. The molecule has 1 aliphatic rings. The Bertz CT molecular complexity index is 494. The van der Waals surface area contributed by atoms with Gasteiger partial charge in [-0.05, 0) is 17.7 Å². The highest BCUT2D eigenvalue weighted by Crippen LogP contribution is 2.29. The Morgan fingerprint density at radius 3 is 2.78 bits per heavy atom. The Morgan fingerprint density at radius 2 is 2.28 bits per heavy atom. The highest BCUT2D eigenvalue weighted by molar-refractivity contribution is 7.81. The Morgan fingerprint density at radius 1 is 1.56 bits per heavy atom. The van der Waals surface area contributed by atoms with Crippen LogP contribution >= 0.6 is 24.2 Å². The highest BCUT2D eigenvalue weighted by atomic mass is 35.5. The van der Waals surface area contributed by atoms with E-state index in [4.69, 9.17) is 11.6 Å². The van der Waals surface area contributed by atoms with Crippen LogP contribution in [-0.2, 0) is 9.59 Å². The molecule has 1 amide bonds. The van der Waals surface area contributed by atoms with Crippen LogP contribution in [0.25, 0.3) is 0 Å². The van der Waals surface area contributed by atoms with Gasteiger partial charge in [0, 0.05) is 23.2 Å². The van der Waals surface area contributed by atoms with Crippen LogP contribution < -0.4 is 0 Å². The lowest BCUT2D eigenvalue weighted by atomic mass is 10.1. The van der Waals surface area contributed by atoms with Crippen LogP contribution in [0.15, 0.2) is 24.3 Å². The summed E-state index contributed by atoms with van der Waals surface area (Å²) in [7, 11) is 0. The molecule has 2 atom stereocenters. The third-order valence-corrected chi connectivity index (χ3v) is 3.43. The van der Waals surface area contributed by atoms with E-state index in [-0.39, 0.29) is 17.6 Å². The molecule has 0 aliphatic carbocycles. The second-order valence-electron chi connectivity index (χ2n) is 4.20. The van der Waals surface area contributed by atoms with E-state index in [9.17, 15) is 14.7 Å². The van der Waals surface area contributed by atoms with Crippen molar-refractivity contribution < 1.29 is 14.7 Å². The minimum atomic E-state index is -1.06. The monoisotopic (exact) mass is 285 g/mol. The molecule has 0 radical (unpaired) electrons. The smallest absolute Gasteiger partial charge is 0.331 e. The largest absolute Gasteiger partial charge is 0.479 e. The predicted octanol–water partition coefficient (Wildman–Crippen LogP) is 2.00. The Kier molecular flexibility index (Phi) is 3.82. The summed E-state index contributed by atoms with van der Waals surface area (Å²) in [6.45, 7) is 0.339. The van der Waals surface area contributed by atoms with E-state index in [1.807, 2.05) is 0 Å². The molecule has 0 bridgehead atoms. The second-order valence-corrected chi connectivity index (χ2v) is 5.37. The Hall–Kier alpha value is -1.20. The Balaban J connectivity index is 2.35. The number of nitrogens with zero attached hydrogens (tertiary/aromatic N) is 1. The van der Waals surface area contributed by atoms with Crippen molar-refractivity contribution in [2.45, 2.75) is 17.7 Å². The number of benzene rings is 1. The van der Waals surface area contributed by atoms with Gasteiger partial charge >= 0.3 is 5.97 Å². The normalized spacial score (nSPS) is 21.1. The number of amides is 1. The average Bonchev–Trinajstić information content (AvgIpc) is 2.58. The van der Waals surface area contributed by atoms with Crippen molar-refractivity contribution in [1.82, 2.24) is 4.90 Å². The first-order valence-corrected chi connectivity index (χ1v) is 6.34. The van der Waals surface area contributed by atoms with Crippen LogP contribution in [0.4, 0.5) is 0 Å². The summed E-state index contributed by atoms with van der Waals surface area (Å²) in [5, 5.41) is 9.66. The molecule has 4 nitrogen and oxygen atoms in total. The van der Waals surface area contributed by atoms with Crippen molar-refractivity contribution in [2.75, 3.05) is 6.54 Å². The molecule has 2 rings (SSSR count). The molecule has 18 heavy (non-hydrogen) atoms. The molecule has 1 fully saturated rings. The molecule has 1 aromatic carbocycles. The minimum Gasteiger partial charge on any atom is -0.479 e. The van der Waals surface area contributed by atoms with Crippen molar-refractivity contribution in [3.05, 3.63) is 34.9 Å². The summed E-state index contributed by atoms with van der Waals surface area (Å²) in [6.07, 6.45) is 0.271. The number of hydrogen-bond acceptors (Lipinski definition) is 3. The van der Waals surface area contributed by atoms with E-state index in [1.54, 1.807) is 24.3 Å². The lowest BCUT2D eigenvalue weighted by Gasteiger charge is -2.24. The van der Waals surface area contributed by atoms with Gasteiger partial charge in [-0.2, -0.15) is 12.6 Å². The number of carbonyl (C=O) groups is 2. The summed E-state index contributed by atoms with van der Waals surface area (Å²) < 4.78 is 0. The van der Waals surface area contributed by atoms with Crippen molar-refractivity contribution in [3.63, 3.8) is 0 Å². The summed E-state index contributed by atoms with van der Waals surface area (Å²) in [4.78, 5) is 24.5. The molecular weight excluding hydrogens is 274 g/mol. The molecule has 6 heteroatoms. The SMILES string of the molecule is O=C(O)C(c1cccc(Cl)c1)N1CC(S)CC1=O. The number of aliphatic carboxylic acids is 1. The molecule has 1 aliphatic heterocycles. The maximum atomic E-state index is 11.8. The molecule has 0 spiro atoms. The van der Waals surface area contributed by atoms with Crippen LogP contribution in [0.2, 0.25) is 5.02 Å². The van der Waals surface area contributed by atoms with Crippen LogP contribution in [-0.4, -0.2) is 33.7 Å². The Labute approximate surface area is 115 Å². The van der Waals surface area contributed by atoms with Crippen LogP contribution in [0, 0.1) is 0 Å². The van der Waals surface area contributed by atoms with Gasteiger partial charge in [0.2, 0.25) is 5.91 Å². The first-order valence-electron chi connectivity index (χ1n) is 5.45. The van der Waals surface area contributed by atoms with Crippen LogP contribution in [0.5, 0.6) is 0 Å². The number of rotatable bonds is 3. The molecule has 1 saturated heterocycles. The van der Waals surface area contributed by atoms with E-state index < -0.39 is 12.0 Å². The number of carboxylic acid groups (broad SMARTS) is 1. The van der Waals surface area contributed by atoms with E-state index in [2.05, 4.69) is 12.6 Å². The van der Waals surface area contributed by atoms with Gasteiger partial charge in [-0.25, -0.2) is 4.79 Å². The van der Waals surface area contributed by atoms with Crippen molar-refractivity contribution in [3.8, 4) is 0 Å². The zero-order chi connectivity index (χ0) is 13.3. The van der Waals surface area contributed by atoms with E-state index >= 15 is 0 Å². The maximum absolute atomic E-state index is 11.8. The lowest BCUT2D eigenvalue weighted by Crippen LogP contribution is -2.35. The molecule has 1 aromatic rings. The molecule has 0 saturated carbocycles. The van der Waals surface area contributed by atoms with Crippen LogP contribution in [0.1, 0.15) is 18.0 Å². The van der Waals surface area contributed by atoms with Crippen molar-refractivity contribution in [2.24, 2.45) is 0 Å². The average molecular weight is 286 g/mol. The zero-order valence-corrected chi connectivity index (χ0v) is 11.1. The van der Waals surface area contributed by atoms with E-state index in [1.165, 1.54) is 4.90 Å².